The van der Waals surface area contributed by atoms with Gasteiger partial charge in [-0.25, -0.2) is 19.9 Å². The molecule has 270 valence electrons. The topological polar surface area (TPSA) is 88.5 Å². The monoisotopic (exact) mass is 761 g/mol. The van der Waals surface area contributed by atoms with Crippen molar-refractivity contribution in [2.24, 2.45) is 0 Å². The van der Waals surface area contributed by atoms with Gasteiger partial charge < -0.3 is 10.6 Å². The zero-order chi connectivity index (χ0) is 37.8. The Kier molecular flexibility index (Phi) is 9.84. The molecule has 0 aliphatic rings. The number of nitrogens with one attached hydrogen (secondary N) is 2. The van der Waals surface area contributed by atoms with E-state index in [2.05, 4.69) is 140 Å². The van der Waals surface area contributed by atoms with Gasteiger partial charge >= 0.3 is 0 Å². The summed E-state index contributed by atoms with van der Waals surface area (Å²) in [6.45, 7) is 3.97. The van der Waals surface area contributed by atoms with E-state index >= 15 is 0 Å². The van der Waals surface area contributed by atoms with Gasteiger partial charge in [-0.15, -0.1) is 0 Å². The molecule has 0 unspecified atom stereocenters. The van der Waals surface area contributed by atoms with E-state index in [1.165, 1.54) is 0 Å². The minimum Gasteiger partial charge on any atom is -0.354 e. The summed E-state index contributed by atoms with van der Waals surface area (Å²) in [7, 11) is 0. The Morgan fingerprint density at radius 2 is 0.929 bits per heavy atom. The first-order valence-electron chi connectivity index (χ1n) is 18.2. The minimum absolute atomic E-state index is 0.715. The molecule has 7 nitrogen and oxygen atoms in total. The quantitative estimate of drug-likeness (QED) is 0.141. The first-order chi connectivity index (χ1) is 27.5. The normalized spacial score (nSPS) is 11.2. The summed E-state index contributed by atoms with van der Waals surface area (Å²) in [5.41, 5.74) is 11.1. The lowest BCUT2D eigenvalue weighted by Gasteiger charge is -2.16. The fourth-order valence-corrected chi connectivity index (χ4v) is 8.30. The highest BCUT2D eigenvalue weighted by atomic mass is 32.2. The van der Waals surface area contributed by atoms with Gasteiger partial charge in [-0.05, 0) is 110 Å². The highest BCUT2D eigenvalue weighted by Crippen LogP contribution is 2.41. The number of pyridine rings is 5. The third-order valence-electron chi connectivity index (χ3n) is 9.32. The number of anilines is 4. The molecule has 9 aromatic rings. The molecule has 2 N–H and O–H groups in total. The van der Waals surface area contributed by atoms with Gasteiger partial charge in [0.2, 0.25) is 0 Å². The van der Waals surface area contributed by atoms with Crippen LogP contribution in [0.2, 0.25) is 0 Å². The van der Waals surface area contributed by atoms with Crippen LogP contribution in [0.3, 0.4) is 0 Å². The highest BCUT2D eigenvalue weighted by Gasteiger charge is 2.14. The molecule has 5 aromatic heterocycles. The Morgan fingerprint density at radius 1 is 0.429 bits per heavy atom. The average molecular weight is 762 g/mol. The van der Waals surface area contributed by atoms with Crippen LogP contribution in [0, 0.1) is 13.8 Å². The third kappa shape index (κ3) is 7.68. The molecule has 0 saturated carbocycles. The van der Waals surface area contributed by atoms with Gasteiger partial charge in [0.05, 0.1) is 28.4 Å². The minimum atomic E-state index is 0.715. The van der Waals surface area contributed by atoms with Gasteiger partial charge in [-0.3, -0.25) is 4.98 Å². The van der Waals surface area contributed by atoms with Gasteiger partial charge in [0.1, 0.15) is 0 Å². The van der Waals surface area contributed by atoms with Crippen molar-refractivity contribution in [2.45, 2.75) is 33.4 Å². The second kappa shape index (κ2) is 15.7. The van der Waals surface area contributed by atoms with E-state index < -0.39 is 0 Å². The molecule has 0 aliphatic carbocycles. The van der Waals surface area contributed by atoms with Crippen LogP contribution in [-0.4, -0.2) is 24.9 Å². The van der Waals surface area contributed by atoms with Crippen molar-refractivity contribution >= 4 is 68.3 Å². The van der Waals surface area contributed by atoms with E-state index in [-0.39, 0.29) is 0 Å². The standard InChI is InChI=1S/C47H35N7S2/c1-30-13-18-37-40(23-25-48-46(37)51-30)53-42-27-32(16-21-44(42)55-35-9-5-3-6-10-35)34-15-20-39(50-29-34)33-17-22-45(56-36-11-7-4-8-12-36)43(28-33)54-41-24-26-49-47-38(41)19-14-31(2)52-47/h3-29H,1-2H3,(H,48,51,53)(H,49,52,54). The lowest BCUT2D eigenvalue weighted by atomic mass is 10.0. The molecule has 0 saturated heterocycles. The molecule has 0 radical (unpaired) electrons. The van der Waals surface area contributed by atoms with Crippen molar-refractivity contribution in [3.63, 3.8) is 0 Å². The van der Waals surface area contributed by atoms with Crippen molar-refractivity contribution in [1.29, 1.82) is 0 Å². The van der Waals surface area contributed by atoms with Crippen molar-refractivity contribution in [2.75, 3.05) is 10.6 Å². The predicted octanol–water partition coefficient (Wildman–Crippen LogP) is 12.7. The molecule has 0 fully saturated rings. The fraction of sp³-hybridized carbons (Fsp3) is 0.0426. The molecule has 5 heterocycles. The number of rotatable bonds is 10. The summed E-state index contributed by atoms with van der Waals surface area (Å²) in [6, 6.07) is 50.3. The van der Waals surface area contributed by atoms with Crippen molar-refractivity contribution in [3.8, 4) is 22.4 Å². The fourth-order valence-electron chi connectivity index (χ4n) is 6.49. The molecular formula is C47H35N7S2. The second-order valence-electron chi connectivity index (χ2n) is 13.3. The Morgan fingerprint density at radius 3 is 1.45 bits per heavy atom. The number of aryl methyl sites for hydroxylation is 2. The molecule has 4 aromatic carbocycles. The van der Waals surface area contributed by atoms with E-state index in [4.69, 9.17) is 4.98 Å². The molecule has 9 heteroatoms. The molecule has 0 aliphatic heterocycles. The Hall–Kier alpha value is -6.55. The van der Waals surface area contributed by atoms with Gasteiger partial charge in [0.25, 0.3) is 0 Å². The van der Waals surface area contributed by atoms with Crippen LogP contribution in [0.5, 0.6) is 0 Å². The van der Waals surface area contributed by atoms with Crippen molar-refractivity contribution < 1.29 is 0 Å². The van der Waals surface area contributed by atoms with Crippen LogP contribution in [0.15, 0.2) is 184 Å². The average Bonchev–Trinajstić information content (AvgIpc) is 3.23. The maximum atomic E-state index is 5.00. The van der Waals surface area contributed by atoms with Crippen LogP contribution in [0.4, 0.5) is 22.7 Å². The number of nitrogens with zero attached hydrogens (tertiary/aromatic N) is 5. The number of hydrogen-bond donors (Lipinski definition) is 2. The summed E-state index contributed by atoms with van der Waals surface area (Å²) in [5, 5.41) is 9.38. The predicted molar refractivity (Wildman–Crippen MR) is 231 cm³/mol. The van der Waals surface area contributed by atoms with Gasteiger partial charge in [-0.1, -0.05) is 78.1 Å². The maximum Gasteiger partial charge on any atom is 0.161 e. The van der Waals surface area contributed by atoms with Crippen LogP contribution >= 0.6 is 23.5 Å². The molecule has 56 heavy (non-hydrogen) atoms. The second-order valence-corrected chi connectivity index (χ2v) is 15.5. The van der Waals surface area contributed by atoms with Gasteiger partial charge in [0, 0.05) is 71.5 Å². The summed E-state index contributed by atoms with van der Waals surface area (Å²) >= 11 is 3.45. The van der Waals surface area contributed by atoms with E-state index in [9.17, 15) is 0 Å². The maximum absolute atomic E-state index is 5.00. The summed E-state index contributed by atoms with van der Waals surface area (Å²) < 4.78 is 0. The summed E-state index contributed by atoms with van der Waals surface area (Å²) in [6.07, 6.45) is 5.56. The smallest absolute Gasteiger partial charge is 0.161 e. The molecule has 0 spiro atoms. The highest BCUT2D eigenvalue weighted by molar-refractivity contribution is 7.99. The Bertz CT molecular complexity index is 2640. The first kappa shape index (κ1) is 35.2. The van der Waals surface area contributed by atoms with Crippen LogP contribution in [0.25, 0.3) is 44.5 Å². The Balaban J connectivity index is 1.05. The van der Waals surface area contributed by atoms with Crippen molar-refractivity contribution in [1.82, 2.24) is 24.9 Å². The first-order valence-corrected chi connectivity index (χ1v) is 19.9. The lowest BCUT2D eigenvalue weighted by Crippen LogP contribution is -1.97. The molecule has 0 bridgehead atoms. The SMILES string of the molecule is Cc1ccc2c(Nc3cc(-c4ccc(-c5ccc(Sc6ccccc6)c(Nc6ccnc7nc(C)ccc67)c5)nc4)ccc3Sc3ccccc3)ccnc2n1. The number of hydrogen-bond acceptors (Lipinski definition) is 9. The molecular weight excluding hydrogens is 727 g/mol. The van der Waals surface area contributed by atoms with E-state index in [1.54, 1.807) is 35.9 Å². The molecule has 0 atom stereocenters. The van der Waals surface area contributed by atoms with Crippen LogP contribution in [0.1, 0.15) is 11.4 Å². The zero-order valence-corrected chi connectivity index (χ0v) is 32.3. The third-order valence-corrected chi connectivity index (χ3v) is 11.5. The van der Waals surface area contributed by atoms with Gasteiger partial charge in [0.15, 0.2) is 11.3 Å². The van der Waals surface area contributed by atoms with E-state index in [0.717, 1.165) is 92.5 Å². The number of fused-ring (bicyclic) bond motifs is 2. The van der Waals surface area contributed by atoms with E-state index in [0.29, 0.717) is 5.65 Å². The lowest BCUT2D eigenvalue weighted by molar-refractivity contribution is 1.20. The molecule has 0 amide bonds. The van der Waals surface area contributed by atoms with Gasteiger partial charge in [-0.2, -0.15) is 0 Å². The summed E-state index contributed by atoms with van der Waals surface area (Å²) in [4.78, 5) is 27.9. The van der Waals surface area contributed by atoms with E-state index in [1.807, 2.05) is 56.4 Å². The number of benzene rings is 4. The zero-order valence-electron chi connectivity index (χ0n) is 30.6. The summed E-state index contributed by atoms with van der Waals surface area (Å²) in [5.74, 6) is 0. The van der Waals surface area contributed by atoms with Crippen LogP contribution < -0.4 is 10.6 Å². The molecule has 9 rings (SSSR count). The largest absolute Gasteiger partial charge is 0.354 e. The Labute approximate surface area is 333 Å². The van der Waals surface area contributed by atoms with Crippen LogP contribution in [-0.2, 0) is 0 Å². The van der Waals surface area contributed by atoms with Crippen molar-refractivity contribution in [3.05, 3.63) is 176 Å². The number of aromatic nitrogens is 5.